The molecule has 1 aliphatic rings. The summed E-state index contributed by atoms with van der Waals surface area (Å²) in [6, 6.07) is 8.71. The maximum atomic E-state index is 6.52. The van der Waals surface area contributed by atoms with Gasteiger partial charge in [0.2, 0.25) is 0 Å². The van der Waals surface area contributed by atoms with Crippen molar-refractivity contribution >= 4 is 8.32 Å². The minimum Gasteiger partial charge on any atom is -0.493 e. The van der Waals surface area contributed by atoms with Gasteiger partial charge in [0.1, 0.15) is 0 Å². The number of benzene rings is 2. The Bertz CT molecular complexity index is 1030. The highest BCUT2D eigenvalue weighted by molar-refractivity contribution is 6.74. The van der Waals surface area contributed by atoms with Crippen LogP contribution >= 0.6 is 0 Å². The van der Waals surface area contributed by atoms with E-state index < -0.39 is 8.32 Å². The number of ether oxygens (including phenoxy) is 4. The minimum atomic E-state index is -1.83. The van der Waals surface area contributed by atoms with Crippen LogP contribution in [0.15, 0.2) is 24.3 Å². The first-order chi connectivity index (χ1) is 16.4. The third kappa shape index (κ3) is 5.79. The van der Waals surface area contributed by atoms with Gasteiger partial charge in [0, 0.05) is 18.7 Å². The second kappa shape index (κ2) is 10.8. The Balaban J connectivity index is 1.96. The second-order valence-electron chi connectivity index (χ2n) is 10.8. The van der Waals surface area contributed by atoms with Crippen LogP contribution in [0, 0.1) is 0 Å². The van der Waals surface area contributed by atoms with Crippen LogP contribution < -0.4 is 24.3 Å². The fraction of sp³-hybridized carbons (Fsp3) is 0.571. The molecule has 0 spiro atoms. The summed E-state index contributed by atoms with van der Waals surface area (Å²) in [5, 5.41) is 3.99. The van der Waals surface area contributed by atoms with Gasteiger partial charge in [0.15, 0.2) is 31.3 Å². The summed E-state index contributed by atoms with van der Waals surface area (Å²) in [6.07, 6.45) is 1.65. The van der Waals surface area contributed by atoms with E-state index in [0.717, 1.165) is 35.8 Å². The lowest BCUT2D eigenvalue weighted by Gasteiger charge is -2.36. The van der Waals surface area contributed by atoms with Crippen LogP contribution in [0.4, 0.5) is 0 Å². The lowest BCUT2D eigenvalue weighted by atomic mass is 9.85. The molecule has 2 aromatic rings. The zero-order valence-electron chi connectivity index (χ0n) is 23.1. The highest BCUT2D eigenvalue weighted by Crippen LogP contribution is 2.42. The molecule has 0 saturated heterocycles. The summed E-state index contributed by atoms with van der Waals surface area (Å²) >= 11 is 0. The number of hydrogen-bond acceptors (Lipinski definition) is 6. The molecule has 2 atom stereocenters. The predicted molar refractivity (Wildman–Crippen MR) is 144 cm³/mol. The molecule has 7 heteroatoms. The summed E-state index contributed by atoms with van der Waals surface area (Å²) in [5.41, 5.74) is 4.93. The molecule has 194 valence electrons. The van der Waals surface area contributed by atoms with Crippen LogP contribution in [0.3, 0.4) is 0 Å². The van der Waals surface area contributed by atoms with E-state index in [2.05, 4.69) is 70.4 Å². The molecule has 6 nitrogen and oxygen atoms in total. The monoisotopic (exact) mass is 501 g/mol. The smallest absolute Gasteiger partial charge is 0.191 e. The van der Waals surface area contributed by atoms with E-state index in [1.807, 2.05) is 0 Å². The van der Waals surface area contributed by atoms with E-state index in [0.29, 0.717) is 6.61 Å². The Morgan fingerprint density at radius 1 is 0.829 bits per heavy atom. The molecule has 0 fully saturated rings. The number of rotatable bonds is 9. The van der Waals surface area contributed by atoms with Crippen LogP contribution in [0.1, 0.15) is 62.0 Å². The van der Waals surface area contributed by atoms with Gasteiger partial charge in [-0.15, -0.1) is 0 Å². The quantitative estimate of drug-likeness (QED) is 0.411. The van der Waals surface area contributed by atoms with E-state index in [1.54, 1.807) is 28.4 Å². The molecular formula is C28H43NO5Si. The summed E-state index contributed by atoms with van der Waals surface area (Å²) in [5.74, 6) is 3.00. The molecule has 1 aliphatic heterocycles. The number of methoxy groups -OCH3 is 4. The van der Waals surface area contributed by atoms with Crippen LogP contribution in [0.25, 0.3) is 0 Å². The van der Waals surface area contributed by atoms with Crippen molar-refractivity contribution in [2.75, 3.05) is 35.0 Å². The van der Waals surface area contributed by atoms with Crippen molar-refractivity contribution in [2.24, 2.45) is 0 Å². The molecule has 0 bridgehead atoms. The Morgan fingerprint density at radius 2 is 1.34 bits per heavy atom. The van der Waals surface area contributed by atoms with E-state index in [4.69, 9.17) is 23.4 Å². The summed E-state index contributed by atoms with van der Waals surface area (Å²) in [4.78, 5) is 0. The van der Waals surface area contributed by atoms with Crippen molar-refractivity contribution in [3.8, 4) is 23.0 Å². The van der Waals surface area contributed by atoms with E-state index in [-0.39, 0.29) is 17.1 Å². The normalized spacial score (nSPS) is 18.1. The van der Waals surface area contributed by atoms with Crippen LogP contribution in [-0.4, -0.2) is 43.4 Å². The molecule has 0 aliphatic carbocycles. The highest BCUT2D eigenvalue weighted by Gasteiger charge is 2.37. The molecule has 2 aromatic carbocycles. The summed E-state index contributed by atoms with van der Waals surface area (Å²) in [6.45, 7) is 14.3. The lowest BCUT2D eigenvalue weighted by molar-refractivity contribution is 0.290. The molecule has 0 radical (unpaired) electrons. The number of fused-ring (bicyclic) bond motifs is 1. The molecular weight excluding hydrogens is 458 g/mol. The molecule has 0 aromatic heterocycles. The SMILES string of the molecule is COc1cc2c(cc1OC)[C@H](C)N[C@H](c1cc(OC)c(OC)cc1CCO[Si](C)(C)C(C)(C)C)C2. The third-order valence-corrected chi connectivity index (χ3v) is 12.2. The van der Waals surface area contributed by atoms with Crippen molar-refractivity contribution in [2.45, 2.75) is 70.8 Å². The zero-order valence-corrected chi connectivity index (χ0v) is 24.1. The van der Waals surface area contributed by atoms with E-state index in [1.165, 1.54) is 22.3 Å². The van der Waals surface area contributed by atoms with Crippen LogP contribution in [-0.2, 0) is 17.3 Å². The van der Waals surface area contributed by atoms with Crippen LogP contribution in [0.2, 0.25) is 18.1 Å². The van der Waals surface area contributed by atoms with Gasteiger partial charge in [0.25, 0.3) is 0 Å². The largest absolute Gasteiger partial charge is 0.493 e. The van der Waals surface area contributed by atoms with Gasteiger partial charge in [-0.25, -0.2) is 0 Å². The fourth-order valence-electron chi connectivity index (χ4n) is 4.50. The van der Waals surface area contributed by atoms with Crippen molar-refractivity contribution in [1.82, 2.24) is 5.32 Å². The maximum Gasteiger partial charge on any atom is 0.191 e. The van der Waals surface area contributed by atoms with Gasteiger partial charge in [-0.3, -0.25) is 0 Å². The van der Waals surface area contributed by atoms with Crippen molar-refractivity contribution < 1.29 is 23.4 Å². The first-order valence-electron chi connectivity index (χ1n) is 12.3. The molecule has 0 unspecified atom stereocenters. The topological polar surface area (TPSA) is 58.2 Å². The first-order valence-corrected chi connectivity index (χ1v) is 15.3. The molecule has 35 heavy (non-hydrogen) atoms. The highest BCUT2D eigenvalue weighted by atomic mass is 28.4. The third-order valence-electron chi connectivity index (χ3n) is 7.65. The molecule has 1 N–H and O–H groups in total. The minimum absolute atomic E-state index is 0.123. The van der Waals surface area contributed by atoms with Gasteiger partial charge >= 0.3 is 0 Å². The van der Waals surface area contributed by atoms with Gasteiger partial charge in [-0.2, -0.15) is 0 Å². The van der Waals surface area contributed by atoms with Gasteiger partial charge in [0.05, 0.1) is 28.4 Å². The fourth-order valence-corrected chi connectivity index (χ4v) is 5.54. The Morgan fingerprint density at radius 3 is 1.89 bits per heavy atom. The Hall–Kier alpha value is -2.22. The Labute approximate surface area is 212 Å². The Kier molecular flexibility index (Phi) is 8.45. The summed E-state index contributed by atoms with van der Waals surface area (Å²) < 4.78 is 29.0. The van der Waals surface area contributed by atoms with Crippen molar-refractivity contribution in [3.63, 3.8) is 0 Å². The second-order valence-corrected chi connectivity index (χ2v) is 15.6. The number of hydrogen-bond donors (Lipinski definition) is 1. The van der Waals surface area contributed by atoms with E-state index >= 15 is 0 Å². The van der Waals surface area contributed by atoms with Gasteiger partial charge in [-0.1, -0.05) is 20.8 Å². The van der Waals surface area contributed by atoms with Gasteiger partial charge in [-0.05, 0) is 84.4 Å². The van der Waals surface area contributed by atoms with Gasteiger partial charge < -0.3 is 28.7 Å². The molecule has 3 rings (SSSR count). The molecule has 0 amide bonds. The van der Waals surface area contributed by atoms with E-state index in [9.17, 15) is 0 Å². The molecule has 1 heterocycles. The van der Waals surface area contributed by atoms with Crippen molar-refractivity contribution in [3.05, 3.63) is 46.5 Å². The average Bonchev–Trinajstić information content (AvgIpc) is 2.81. The first kappa shape index (κ1) is 27.4. The standard InChI is InChI=1S/C28H43NO5Si/c1-18-21-16-26(32-7)25(31-6)15-20(21)13-23(29-18)22-17-27(33-8)24(30-5)14-19(22)11-12-34-35(9,10)28(2,3)4/h14-18,23,29H,11-13H2,1-10H3/t18-,23-/m0/s1. The van der Waals surface area contributed by atoms with Crippen molar-refractivity contribution in [1.29, 1.82) is 0 Å². The predicted octanol–water partition coefficient (Wildman–Crippen LogP) is 6.23. The summed E-state index contributed by atoms with van der Waals surface area (Å²) in [7, 11) is 4.90. The number of nitrogens with one attached hydrogen (secondary N) is 1. The average molecular weight is 502 g/mol. The lowest BCUT2D eigenvalue weighted by Crippen LogP contribution is -2.41. The maximum absolute atomic E-state index is 6.52. The zero-order chi connectivity index (χ0) is 26.0. The molecule has 0 saturated carbocycles. The van der Waals surface area contributed by atoms with Crippen LogP contribution in [0.5, 0.6) is 23.0 Å².